The van der Waals surface area contributed by atoms with E-state index in [0.717, 1.165) is 19.0 Å². The maximum Gasteiger partial charge on any atom is 0.254 e. The number of aryl methyl sites for hydroxylation is 1. The van der Waals surface area contributed by atoms with Gasteiger partial charge in [0.2, 0.25) is 21.9 Å². The fraction of sp³-hybridized carbons (Fsp3) is 0.278. The highest BCUT2D eigenvalue weighted by molar-refractivity contribution is 7.89. The van der Waals surface area contributed by atoms with Crippen molar-refractivity contribution in [2.24, 2.45) is 10.2 Å². The normalized spacial score (nSPS) is 15.5. The maximum atomic E-state index is 14.6. The van der Waals surface area contributed by atoms with Gasteiger partial charge in [-0.3, -0.25) is 4.79 Å². The van der Waals surface area contributed by atoms with Gasteiger partial charge in [-0.1, -0.05) is 6.42 Å². The Morgan fingerprint density at radius 3 is 2.74 bits per heavy atom. The molecule has 0 atom stereocenters. The number of nitrogens with zero attached hydrogens (tertiary/aromatic N) is 5. The highest BCUT2D eigenvalue weighted by Crippen LogP contribution is 2.23. The molecule has 162 valence electrons. The zero-order valence-corrected chi connectivity index (χ0v) is 17.1. The molecule has 1 amide bonds. The Morgan fingerprint density at radius 1 is 1.16 bits per heavy atom. The predicted molar refractivity (Wildman–Crippen MR) is 111 cm³/mol. The summed E-state index contributed by atoms with van der Waals surface area (Å²) in [5, 5.41) is 12.1. The van der Waals surface area contributed by atoms with Crippen molar-refractivity contribution in [1.29, 1.82) is 0 Å². The van der Waals surface area contributed by atoms with Crippen LogP contribution in [0.2, 0.25) is 0 Å². The monoisotopic (exact) mass is 446 g/mol. The number of sulfonamides is 1. The van der Waals surface area contributed by atoms with Crippen LogP contribution >= 0.6 is 0 Å². The van der Waals surface area contributed by atoms with Crippen LogP contribution in [0.3, 0.4) is 0 Å². The first kappa shape index (κ1) is 20.8. The zero-order chi connectivity index (χ0) is 22.0. The van der Waals surface area contributed by atoms with Crippen LogP contribution in [0.5, 0.6) is 0 Å². The quantitative estimate of drug-likeness (QED) is 0.550. The Morgan fingerprint density at radius 2 is 2.00 bits per heavy atom. The Bertz CT molecular complexity index is 1270. The number of rotatable bonds is 3. The lowest BCUT2D eigenvalue weighted by molar-refractivity contribution is -0.121. The number of nitrogens with two attached hydrogens (primary N) is 1. The van der Waals surface area contributed by atoms with Gasteiger partial charge in [0.1, 0.15) is 22.1 Å². The summed E-state index contributed by atoms with van der Waals surface area (Å²) in [6.07, 6.45) is 5.16. The van der Waals surface area contributed by atoms with Gasteiger partial charge in [-0.15, -0.1) is 5.10 Å². The number of hydrogen-bond donors (Lipinski definition) is 3. The van der Waals surface area contributed by atoms with Gasteiger partial charge in [0.15, 0.2) is 0 Å². The van der Waals surface area contributed by atoms with Gasteiger partial charge in [-0.05, 0) is 31.0 Å². The summed E-state index contributed by atoms with van der Waals surface area (Å²) in [7, 11) is -3.85. The number of pyridine rings is 1. The molecule has 3 aromatic rings. The van der Waals surface area contributed by atoms with Gasteiger partial charge in [0.05, 0.1) is 0 Å². The first-order valence-electron chi connectivity index (χ1n) is 9.46. The fourth-order valence-corrected chi connectivity index (χ4v) is 3.65. The molecule has 1 aliphatic heterocycles. The molecule has 3 aromatic heterocycles. The van der Waals surface area contributed by atoms with Gasteiger partial charge in [-0.2, -0.15) is 9.37 Å². The number of hydrogen-bond acceptors (Lipinski definition) is 8. The number of hydrazone groups is 1. The molecule has 0 fully saturated rings. The summed E-state index contributed by atoms with van der Waals surface area (Å²) in [4.78, 5) is 24.2. The standard InChI is InChI=1S/C18H19FN8O3S/c19-16-13-8-11-9-22-18(23-14-6-5-12(10-21-14)31(20,29)30)24-17(11)27(13)7-3-1-2-4-15(28)25-26-16/h5-6,8-10H,1-4,7H2,(H,25,28)(H2,20,29,30)(H,21,22,23,24). The third kappa shape index (κ3) is 4.67. The van der Waals surface area contributed by atoms with Crippen molar-refractivity contribution < 1.29 is 17.6 Å². The van der Waals surface area contributed by atoms with Crippen molar-refractivity contribution in [1.82, 2.24) is 24.9 Å². The highest BCUT2D eigenvalue weighted by Gasteiger charge is 2.18. The van der Waals surface area contributed by atoms with Gasteiger partial charge >= 0.3 is 0 Å². The topological polar surface area (TPSA) is 157 Å². The summed E-state index contributed by atoms with van der Waals surface area (Å²) in [6, 6.07) is 4.31. The Balaban J connectivity index is 1.67. The van der Waals surface area contributed by atoms with Crippen molar-refractivity contribution in [3.8, 4) is 0 Å². The van der Waals surface area contributed by atoms with E-state index < -0.39 is 16.0 Å². The van der Waals surface area contributed by atoms with Gasteiger partial charge in [0, 0.05) is 30.7 Å². The molecule has 0 saturated carbocycles. The number of carbonyl (C=O) groups excluding carboxylic acids is 1. The Kier molecular flexibility index (Phi) is 5.61. The smallest absolute Gasteiger partial charge is 0.254 e. The Hall–Kier alpha value is -3.45. The van der Waals surface area contributed by atoms with Crippen LogP contribution in [0.15, 0.2) is 40.6 Å². The average Bonchev–Trinajstić information content (AvgIpc) is 3.08. The summed E-state index contributed by atoms with van der Waals surface area (Å²) in [6.45, 7) is 0.494. The molecule has 0 saturated heterocycles. The van der Waals surface area contributed by atoms with Crippen LogP contribution < -0.4 is 15.9 Å². The molecule has 4 N–H and O–H groups in total. The Labute approximate surface area is 176 Å². The number of anilines is 2. The fourth-order valence-electron chi connectivity index (χ4n) is 3.19. The van der Waals surface area contributed by atoms with Crippen LogP contribution in [-0.4, -0.2) is 39.8 Å². The minimum absolute atomic E-state index is 0.118. The molecular weight excluding hydrogens is 427 g/mol. The van der Waals surface area contributed by atoms with Crippen LogP contribution in [0.1, 0.15) is 31.4 Å². The van der Waals surface area contributed by atoms with Crippen molar-refractivity contribution in [3.63, 3.8) is 0 Å². The lowest BCUT2D eigenvalue weighted by atomic mass is 10.2. The average molecular weight is 446 g/mol. The second-order valence-electron chi connectivity index (χ2n) is 6.95. The molecule has 4 rings (SSSR count). The number of amides is 1. The van der Waals surface area contributed by atoms with E-state index in [-0.39, 0.29) is 22.4 Å². The number of primary sulfonamides is 1. The number of nitrogens with one attached hydrogen (secondary N) is 2. The number of halogens is 1. The molecule has 0 aromatic carbocycles. The van der Waals surface area contributed by atoms with Crippen LogP contribution in [-0.2, 0) is 21.4 Å². The van der Waals surface area contributed by atoms with Gasteiger partial charge < -0.3 is 9.88 Å². The maximum absolute atomic E-state index is 14.6. The summed E-state index contributed by atoms with van der Waals surface area (Å²) in [5.41, 5.74) is 2.91. The number of carbonyl (C=O) groups is 1. The van der Waals surface area contributed by atoms with E-state index in [2.05, 4.69) is 30.8 Å². The molecule has 0 radical (unpaired) electrons. The molecule has 31 heavy (non-hydrogen) atoms. The lowest BCUT2D eigenvalue weighted by Crippen LogP contribution is -2.18. The first-order valence-corrected chi connectivity index (χ1v) is 11.0. The van der Waals surface area contributed by atoms with E-state index >= 15 is 0 Å². The van der Waals surface area contributed by atoms with E-state index in [1.54, 1.807) is 10.6 Å². The van der Waals surface area contributed by atoms with E-state index in [1.807, 2.05) is 0 Å². The van der Waals surface area contributed by atoms with Crippen molar-refractivity contribution in [3.05, 3.63) is 36.3 Å². The molecule has 4 heterocycles. The minimum Gasteiger partial charge on any atom is -0.322 e. The van der Waals surface area contributed by atoms with Crippen LogP contribution in [0, 0.1) is 0 Å². The predicted octanol–water partition coefficient (Wildman–Crippen LogP) is 1.54. The van der Waals surface area contributed by atoms with E-state index in [1.165, 1.54) is 18.3 Å². The van der Waals surface area contributed by atoms with E-state index in [9.17, 15) is 17.6 Å². The van der Waals surface area contributed by atoms with E-state index in [4.69, 9.17) is 5.14 Å². The second kappa shape index (κ2) is 8.35. The summed E-state index contributed by atoms with van der Waals surface area (Å²) in [5.74, 6) is -0.634. The van der Waals surface area contributed by atoms with Crippen molar-refractivity contribution in [2.75, 3.05) is 5.32 Å². The van der Waals surface area contributed by atoms with Crippen LogP contribution in [0.25, 0.3) is 11.0 Å². The van der Waals surface area contributed by atoms with Crippen molar-refractivity contribution >= 4 is 44.7 Å². The zero-order valence-electron chi connectivity index (χ0n) is 16.2. The molecule has 0 aliphatic carbocycles. The molecule has 1 aliphatic rings. The summed E-state index contributed by atoms with van der Waals surface area (Å²) >= 11 is 0. The largest absolute Gasteiger partial charge is 0.322 e. The lowest BCUT2D eigenvalue weighted by Gasteiger charge is -2.09. The number of aromatic nitrogens is 4. The third-order valence-corrected chi connectivity index (χ3v) is 5.61. The van der Waals surface area contributed by atoms with Gasteiger partial charge in [0.25, 0.3) is 5.97 Å². The molecule has 0 bridgehead atoms. The minimum atomic E-state index is -3.85. The second-order valence-corrected chi connectivity index (χ2v) is 8.51. The van der Waals surface area contributed by atoms with Gasteiger partial charge in [-0.25, -0.2) is 29.0 Å². The van der Waals surface area contributed by atoms with E-state index in [0.29, 0.717) is 36.2 Å². The molecular formula is C18H19FN8O3S. The number of fused-ring (bicyclic) bond motifs is 3. The third-order valence-electron chi connectivity index (χ3n) is 4.72. The van der Waals surface area contributed by atoms with Crippen LogP contribution in [0.4, 0.5) is 16.2 Å². The molecule has 13 heteroatoms. The SMILES string of the molecule is NS(=O)(=O)c1ccc(Nc2ncc3cc4n(c3n2)CCCCCC(=O)NN=C4F)nc1. The first-order chi connectivity index (χ1) is 14.8. The molecule has 0 unspecified atom stereocenters. The molecule has 0 spiro atoms. The highest BCUT2D eigenvalue weighted by atomic mass is 32.2. The summed E-state index contributed by atoms with van der Waals surface area (Å²) < 4.78 is 39.0. The molecule has 11 nitrogen and oxygen atoms in total. The van der Waals surface area contributed by atoms with Crippen molar-refractivity contribution in [2.45, 2.75) is 37.1 Å².